The molecule has 6 heteroatoms. The quantitative estimate of drug-likeness (QED) is 0.775. The zero-order valence-corrected chi connectivity index (χ0v) is 13.4. The molecule has 0 bridgehead atoms. The topological polar surface area (TPSA) is 29.5 Å². The third kappa shape index (κ3) is 5.13. The molecule has 1 saturated heterocycles. The molecule has 1 aliphatic heterocycles. The molecule has 3 nitrogen and oxygen atoms in total. The Bertz CT molecular complexity index is 448. The lowest BCUT2D eigenvalue weighted by Gasteiger charge is -2.25. The molecule has 0 amide bonds. The van der Waals surface area contributed by atoms with E-state index >= 15 is 0 Å². The Balaban J connectivity index is 0.00000200. The molecule has 2 rings (SSSR count). The van der Waals surface area contributed by atoms with Crippen LogP contribution in [0, 0.1) is 0 Å². The van der Waals surface area contributed by atoms with Crippen molar-refractivity contribution in [3.8, 4) is 0 Å². The van der Waals surface area contributed by atoms with E-state index in [0.717, 1.165) is 19.6 Å². The molecule has 0 aromatic heterocycles. The van der Waals surface area contributed by atoms with Crippen molar-refractivity contribution in [2.45, 2.75) is 19.3 Å². The van der Waals surface area contributed by atoms with Gasteiger partial charge < -0.3 is 4.74 Å². The molecule has 0 atom stereocenters. The highest BCUT2D eigenvalue weighted by Crippen LogP contribution is 2.21. The van der Waals surface area contributed by atoms with Gasteiger partial charge in [-0.05, 0) is 44.1 Å². The fourth-order valence-electron chi connectivity index (χ4n) is 2.18. The van der Waals surface area contributed by atoms with Gasteiger partial charge in [0.15, 0.2) is 0 Å². The van der Waals surface area contributed by atoms with Gasteiger partial charge in [-0.1, -0.05) is 29.6 Å². The first-order chi connectivity index (χ1) is 9.16. The highest BCUT2D eigenvalue weighted by molar-refractivity contribution is 6.36. The number of piperidine rings is 1. The Morgan fingerprint density at radius 2 is 1.90 bits per heavy atom. The van der Waals surface area contributed by atoms with Gasteiger partial charge in [0.05, 0.1) is 10.6 Å². The van der Waals surface area contributed by atoms with Gasteiger partial charge in [0.1, 0.15) is 6.61 Å². The Kier molecular flexibility index (Phi) is 7.67. The molecule has 0 saturated carbocycles. The molecule has 0 unspecified atom stereocenters. The summed E-state index contributed by atoms with van der Waals surface area (Å²) in [5, 5.41) is 0.838. The van der Waals surface area contributed by atoms with E-state index < -0.39 is 5.97 Å². The average molecular weight is 339 g/mol. The second-order valence-corrected chi connectivity index (χ2v) is 5.51. The van der Waals surface area contributed by atoms with Gasteiger partial charge in [0.2, 0.25) is 0 Å². The van der Waals surface area contributed by atoms with E-state index in [9.17, 15) is 4.79 Å². The molecule has 1 heterocycles. The van der Waals surface area contributed by atoms with Gasteiger partial charge in [-0.15, -0.1) is 12.4 Å². The lowest BCUT2D eigenvalue weighted by Crippen LogP contribution is -2.33. The van der Waals surface area contributed by atoms with Gasteiger partial charge >= 0.3 is 5.97 Å². The highest BCUT2D eigenvalue weighted by Gasteiger charge is 2.14. The zero-order chi connectivity index (χ0) is 13.7. The van der Waals surface area contributed by atoms with Crippen LogP contribution in [-0.4, -0.2) is 37.1 Å². The van der Waals surface area contributed by atoms with Crippen molar-refractivity contribution in [1.29, 1.82) is 0 Å². The van der Waals surface area contributed by atoms with Crippen LogP contribution in [0.25, 0.3) is 0 Å². The van der Waals surface area contributed by atoms with Crippen LogP contribution in [0.2, 0.25) is 10.0 Å². The van der Waals surface area contributed by atoms with Crippen LogP contribution in [0.15, 0.2) is 18.2 Å². The van der Waals surface area contributed by atoms with Crippen LogP contribution >= 0.6 is 35.6 Å². The third-order valence-corrected chi connectivity index (χ3v) is 3.79. The average Bonchev–Trinajstić information content (AvgIpc) is 2.39. The number of hydrogen-bond donors (Lipinski definition) is 0. The van der Waals surface area contributed by atoms with Gasteiger partial charge in [-0.2, -0.15) is 0 Å². The normalized spacial score (nSPS) is 15.5. The molecular formula is C14H18Cl3NO2. The number of esters is 1. The van der Waals surface area contributed by atoms with E-state index in [-0.39, 0.29) is 12.4 Å². The lowest BCUT2D eigenvalue weighted by atomic mass is 10.1. The maximum Gasteiger partial charge on any atom is 0.339 e. The standard InChI is InChI=1S/C14H17Cl2NO2.ClH/c15-11-4-5-12(13(16)10-11)14(18)19-9-8-17-6-2-1-3-7-17;/h4-5,10H,1-3,6-9H2;1H. The number of ether oxygens (including phenoxy) is 1. The number of carbonyl (C=O) groups excluding carboxylic acids is 1. The van der Waals surface area contributed by atoms with Crippen molar-refractivity contribution in [1.82, 2.24) is 4.90 Å². The fraction of sp³-hybridized carbons (Fsp3) is 0.500. The van der Waals surface area contributed by atoms with Crippen LogP contribution in [-0.2, 0) is 4.74 Å². The second kappa shape index (κ2) is 8.73. The van der Waals surface area contributed by atoms with Gasteiger partial charge in [0, 0.05) is 11.6 Å². The van der Waals surface area contributed by atoms with Crippen molar-refractivity contribution < 1.29 is 9.53 Å². The number of benzene rings is 1. The largest absolute Gasteiger partial charge is 0.461 e. The molecule has 1 aromatic rings. The predicted molar refractivity (Wildman–Crippen MR) is 84.3 cm³/mol. The summed E-state index contributed by atoms with van der Waals surface area (Å²) in [7, 11) is 0. The molecule has 0 N–H and O–H groups in total. The summed E-state index contributed by atoms with van der Waals surface area (Å²) >= 11 is 11.7. The SMILES string of the molecule is Cl.O=C(OCCN1CCCCC1)c1ccc(Cl)cc1Cl. The summed E-state index contributed by atoms with van der Waals surface area (Å²) < 4.78 is 5.24. The molecule has 0 aliphatic carbocycles. The monoisotopic (exact) mass is 337 g/mol. The smallest absolute Gasteiger partial charge is 0.339 e. The number of rotatable bonds is 4. The Morgan fingerprint density at radius 1 is 1.20 bits per heavy atom. The fourth-order valence-corrected chi connectivity index (χ4v) is 2.67. The minimum absolute atomic E-state index is 0. The summed E-state index contributed by atoms with van der Waals surface area (Å²) in [5.74, 6) is -0.390. The van der Waals surface area contributed by atoms with Crippen LogP contribution in [0.1, 0.15) is 29.6 Å². The van der Waals surface area contributed by atoms with E-state index in [1.807, 2.05) is 0 Å². The third-order valence-electron chi connectivity index (χ3n) is 3.24. The molecular weight excluding hydrogens is 321 g/mol. The van der Waals surface area contributed by atoms with Crippen molar-refractivity contribution in [2.24, 2.45) is 0 Å². The highest BCUT2D eigenvalue weighted by atomic mass is 35.5. The second-order valence-electron chi connectivity index (χ2n) is 4.66. The molecule has 112 valence electrons. The maximum absolute atomic E-state index is 11.9. The summed E-state index contributed by atoms with van der Waals surface area (Å²) in [6.07, 6.45) is 3.77. The van der Waals surface area contributed by atoms with Gasteiger partial charge in [-0.25, -0.2) is 4.79 Å². The number of hydrogen-bond acceptors (Lipinski definition) is 3. The van der Waals surface area contributed by atoms with E-state index in [4.69, 9.17) is 27.9 Å². The summed E-state index contributed by atoms with van der Waals surface area (Å²) in [6, 6.07) is 4.77. The molecule has 1 aliphatic rings. The molecule has 0 spiro atoms. The van der Waals surface area contributed by atoms with E-state index in [1.165, 1.54) is 19.3 Å². The molecule has 20 heavy (non-hydrogen) atoms. The maximum atomic E-state index is 11.9. The Morgan fingerprint density at radius 3 is 2.55 bits per heavy atom. The Labute approximate surface area is 135 Å². The van der Waals surface area contributed by atoms with Gasteiger partial charge in [0.25, 0.3) is 0 Å². The molecule has 1 fully saturated rings. The van der Waals surface area contributed by atoms with Crippen molar-refractivity contribution in [3.63, 3.8) is 0 Å². The summed E-state index contributed by atoms with van der Waals surface area (Å²) in [4.78, 5) is 14.2. The van der Waals surface area contributed by atoms with Crippen LogP contribution in [0.5, 0.6) is 0 Å². The first-order valence-electron chi connectivity index (χ1n) is 6.51. The van der Waals surface area contributed by atoms with Crippen LogP contribution in [0.3, 0.4) is 0 Å². The van der Waals surface area contributed by atoms with E-state index in [1.54, 1.807) is 18.2 Å². The van der Waals surface area contributed by atoms with Crippen LogP contribution < -0.4 is 0 Å². The number of likely N-dealkylation sites (tertiary alicyclic amines) is 1. The lowest BCUT2D eigenvalue weighted by molar-refractivity contribution is 0.0452. The zero-order valence-electron chi connectivity index (χ0n) is 11.1. The molecule has 0 radical (unpaired) electrons. The summed E-state index contributed by atoms with van der Waals surface area (Å²) in [6.45, 7) is 3.38. The Hall–Kier alpha value is -0.480. The predicted octanol–water partition coefficient (Wildman–Crippen LogP) is 4.06. The minimum atomic E-state index is -0.390. The van der Waals surface area contributed by atoms with Gasteiger partial charge in [-0.3, -0.25) is 4.90 Å². The van der Waals surface area contributed by atoms with Crippen LogP contribution in [0.4, 0.5) is 0 Å². The van der Waals surface area contributed by atoms with E-state index in [2.05, 4.69) is 4.90 Å². The van der Waals surface area contributed by atoms with Crippen molar-refractivity contribution in [3.05, 3.63) is 33.8 Å². The van der Waals surface area contributed by atoms with Crippen molar-refractivity contribution in [2.75, 3.05) is 26.2 Å². The number of nitrogens with zero attached hydrogens (tertiary/aromatic N) is 1. The summed E-state index contributed by atoms with van der Waals surface area (Å²) in [5.41, 5.74) is 0.365. The number of carbonyl (C=O) groups is 1. The van der Waals surface area contributed by atoms with Crippen molar-refractivity contribution >= 4 is 41.6 Å². The first-order valence-corrected chi connectivity index (χ1v) is 7.27. The van der Waals surface area contributed by atoms with E-state index in [0.29, 0.717) is 22.2 Å². The first kappa shape index (κ1) is 17.6. The number of halogens is 3. The molecule has 1 aromatic carbocycles. The minimum Gasteiger partial charge on any atom is -0.461 e.